The molecule has 1 heterocycles. The molecule has 0 saturated carbocycles. The van der Waals surface area contributed by atoms with Crippen molar-refractivity contribution in [1.82, 2.24) is 10.1 Å². The summed E-state index contributed by atoms with van der Waals surface area (Å²) in [6.07, 6.45) is 0. The molecule has 4 nitrogen and oxygen atoms in total. The molecule has 0 radical (unpaired) electrons. The van der Waals surface area contributed by atoms with Crippen molar-refractivity contribution >= 4 is 0 Å². The van der Waals surface area contributed by atoms with Gasteiger partial charge in [0.2, 0.25) is 11.7 Å². The molecule has 0 atom stereocenters. The molecular formula is C16H12F2N2O2. The second-order valence-electron chi connectivity index (χ2n) is 4.70. The third kappa shape index (κ3) is 3.11. The Kier molecular flexibility index (Phi) is 3.82. The van der Waals surface area contributed by atoms with Crippen LogP contribution in [0.4, 0.5) is 8.78 Å². The molecule has 3 aromatic rings. The number of rotatable bonds is 4. The Balaban J connectivity index is 1.67. The van der Waals surface area contributed by atoms with Crippen LogP contribution in [0.5, 0.6) is 5.75 Å². The molecule has 6 heteroatoms. The van der Waals surface area contributed by atoms with Crippen LogP contribution in [-0.4, -0.2) is 10.1 Å². The Hall–Kier alpha value is -2.76. The van der Waals surface area contributed by atoms with Crippen molar-refractivity contribution in [3.63, 3.8) is 0 Å². The molecule has 3 rings (SSSR count). The van der Waals surface area contributed by atoms with Gasteiger partial charge in [0, 0.05) is 12.5 Å². The average Bonchev–Trinajstić information content (AvgIpc) is 2.95. The molecule has 1 aromatic heterocycles. The third-order valence-electron chi connectivity index (χ3n) is 3.03. The van der Waals surface area contributed by atoms with Gasteiger partial charge in [0.25, 0.3) is 0 Å². The van der Waals surface area contributed by atoms with Gasteiger partial charge in [-0.1, -0.05) is 11.2 Å². The van der Waals surface area contributed by atoms with E-state index in [1.165, 1.54) is 6.07 Å². The van der Waals surface area contributed by atoms with Crippen molar-refractivity contribution in [2.24, 2.45) is 0 Å². The first-order valence-corrected chi connectivity index (χ1v) is 6.59. The number of hydrogen-bond donors (Lipinski definition) is 0. The van der Waals surface area contributed by atoms with Crippen molar-refractivity contribution in [3.8, 4) is 17.1 Å². The molecule has 2 aromatic carbocycles. The summed E-state index contributed by atoms with van der Waals surface area (Å²) < 4.78 is 36.4. The highest BCUT2D eigenvalue weighted by atomic mass is 19.2. The zero-order valence-electron chi connectivity index (χ0n) is 11.7. The van der Waals surface area contributed by atoms with Crippen LogP contribution < -0.4 is 4.74 Å². The summed E-state index contributed by atoms with van der Waals surface area (Å²) in [6, 6.07) is 10.8. The Morgan fingerprint density at radius 1 is 1.05 bits per heavy atom. The smallest absolute Gasteiger partial charge is 0.223 e. The molecule has 0 fully saturated rings. The van der Waals surface area contributed by atoms with Crippen molar-refractivity contribution < 1.29 is 18.0 Å². The standard InChI is InChI=1S/C16H12F2N2O2/c1-10-19-16(20-22-10)12-3-5-13(6-4-12)21-9-11-2-7-14(17)15(18)8-11/h2-8H,9H2,1H3. The van der Waals surface area contributed by atoms with Crippen LogP contribution in [0.2, 0.25) is 0 Å². The molecule has 0 saturated heterocycles. The average molecular weight is 302 g/mol. The molecule has 0 aliphatic carbocycles. The SMILES string of the molecule is Cc1nc(-c2ccc(OCc3ccc(F)c(F)c3)cc2)no1. The lowest BCUT2D eigenvalue weighted by Gasteiger charge is -2.07. The first-order valence-electron chi connectivity index (χ1n) is 6.59. The summed E-state index contributed by atoms with van der Waals surface area (Å²) in [7, 11) is 0. The number of hydrogen-bond acceptors (Lipinski definition) is 4. The van der Waals surface area contributed by atoms with Crippen molar-refractivity contribution in [2.75, 3.05) is 0 Å². The van der Waals surface area contributed by atoms with Crippen molar-refractivity contribution in [3.05, 3.63) is 65.6 Å². The number of aryl methyl sites for hydroxylation is 1. The van der Waals surface area contributed by atoms with Gasteiger partial charge < -0.3 is 9.26 Å². The second kappa shape index (κ2) is 5.93. The molecule has 0 unspecified atom stereocenters. The number of aromatic nitrogens is 2. The number of nitrogens with zero attached hydrogens (tertiary/aromatic N) is 2. The molecule has 0 aliphatic heterocycles. The van der Waals surface area contributed by atoms with Gasteiger partial charge in [-0.15, -0.1) is 0 Å². The number of benzene rings is 2. The maximum absolute atomic E-state index is 13.1. The third-order valence-corrected chi connectivity index (χ3v) is 3.03. The first-order chi connectivity index (χ1) is 10.6. The van der Waals surface area contributed by atoms with Gasteiger partial charge in [-0.05, 0) is 42.0 Å². The summed E-state index contributed by atoms with van der Waals surface area (Å²) in [5.74, 6) is -0.153. The fourth-order valence-corrected chi connectivity index (χ4v) is 1.91. The van der Waals surface area contributed by atoms with Gasteiger partial charge in [-0.2, -0.15) is 4.98 Å². The van der Waals surface area contributed by atoms with Gasteiger partial charge in [0.1, 0.15) is 12.4 Å². The Labute approximate surface area is 125 Å². The minimum absolute atomic E-state index is 0.151. The van der Waals surface area contributed by atoms with Gasteiger partial charge in [-0.3, -0.25) is 0 Å². The van der Waals surface area contributed by atoms with Crippen LogP contribution in [-0.2, 0) is 6.61 Å². The highest BCUT2D eigenvalue weighted by Crippen LogP contribution is 2.21. The highest BCUT2D eigenvalue weighted by molar-refractivity contribution is 5.55. The van der Waals surface area contributed by atoms with Crippen LogP contribution in [0.1, 0.15) is 11.5 Å². The molecule has 22 heavy (non-hydrogen) atoms. The Bertz CT molecular complexity index is 785. The van der Waals surface area contributed by atoms with E-state index in [-0.39, 0.29) is 6.61 Å². The predicted molar refractivity (Wildman–Crippen MR) is 75.2 cm³/mol. The monoisotopic (exact) mass is 302 g/mol. The van der Waals surface area contributed by atoms with E-state index in [1.54, 1.807) is 31.2 Å². The normalized spacial score (nSPS) is 10.7. The van der Waals surface area contributed by atoms with Crippen LogP contribution in [0.3, 0.4) is 0 Å². The van der Waals surface area contributed by atoms with E-state index in [9.17, 15) is 8.78 Å². The Morgan fingerprint density at radius 3 is 2.45 bits per heavy atom. The molecular weight excluding hydrogens is 290 g/mol. The fourth-order valence-electron chi connectivity index (χ4n) is 1.91. The van der Waals surface area contributed by atoms with E-state index >= 15 is 0 Å². The molecule has 112 valence electrons. The first kappa shape index (κ1) is 14.2. The molecule has 0 amide bonds. The number of halogens is 2. The molecule has 0 N–H and O–H groups in total. The topological polar surface area (TPSA) is 48.2 Å². The largest absolute Gasteiger partial charge is 0.489 e. The summed E-state index contributed by atoms with van der Waals surface area (Å²) in [5, 5.41) is 3.82. The minimum atomic E-state index is -0.885. The lowest BCUT2D eigenvalue weighted by Crippen LogP contribution is -1.97. The van der Waals surface area contributed by atoms with Gasteiger partial charge in [-0.25, -0.2) is 8.78 Å². The lowest BCUT2D eigenvalue weighted by atomic mass is 10.2. The van der Waals surface area contributed by atoms with Crippen LogP contribution >= 0.6 is 0 Å². The van der Waals surface area contributed by atoms with Crippen LogP contribution in [0.15, 0.2) is 47.0 Å². The molecule has 0 bridgehead atoms. The van der Waals surface area contributed by atoms with Crippen molar-refractivity contribution in [2.45, 2.75) is 13.5 Å². The summed E-state index contributed by atoms with van der Waals surface area (Å²) >= 11 is 0. The van der Waals surface area contributed by atoms with E-state index in [2.05, 4.69) is 10.1 Å². The Morgan fingerprint density at radius 2 is 1.82 bits per heavy atom. The second-order valence-corrected chi connectivity index (χ2v) is 4.70. The zero-order valence-corrected chi connectivity index (χ0v) is 11.7. The summed E-state index contributed by atoms with van der Waals surface area (Å²) in [5.41, 5.74) is 1.36. The van der Waals surface area contributed by atoms with E-state index in [4.69, 9.17) is 9.26 Å². The number of ether oxygens (including phenoxy) is 1. The molecule has 0 aliphatic rings. The quantitative estimate of drug-likeness (QED) is 0.733. The summed E-state index contributed by atoms with van der Waals surface area (Å²) in [4.78, 5) is 4.13. The fraction of sp³-hybridized carbons (Fsp3) is 0.125. The van der Waals surface area contributed by atoms with Crippen molar-refractivity contribution in [1.29, 1.82) is 0 Å². The zero-order chi connectivity index (χ0) is 15.5. The molecule has 0 spiro atoms. The van der Waals surface area contributed by atoms with Crippen LogP contribution in [0, 0.1) is 18.6 Å². The maximum atomic E-state index is 13.1. The minimum Gasteiger partial charge on any atom is -0.489 e. The van der Waals surface area contributed by atoms with Gasteiger partial charge in [0.05, 0.1) is 0 Å². The van der Waals surface area contributed by atoms with Gasteiger partial charge >= 0.3 is 0 Å². The predicted octanol–water partition coefficient (Wildman–Crippen LogP) is 3.90. The van der Waals surface area contributed by atoms with E-state index in [0.29, 0.717) is 23.0 Å². The highest BCUT2D eigenvalue weighted by Gasteiger charge is 2.06. The lowest BCUT2D eigenvalue weighted by molar-refractivity contribution is 0.305. The van der Waals surface area contributed by atoms with Gasteiger partial charge in [0.15, 0.2) is 11.6 Å². The van der Waals surface area contributed by atoms with E-state index in [0.717, 1.165) is 17.7 Å². The van der Waals surface area contributed by atoms with Crippen LogP contribution in [0.25, 0.3) is 11.4 Å². The van der Waals surface area contributed by atoms with E-state index in [1.807, 2.05) is 0 Å². The summed E-state index contributed by atoms with van der Waals surface area (Å²) in [6.45, 7) is 1.87. The maximum Gasteiger partial charge on any atom is 0.223 e. The van der Waals surface area contributed by atoms with E-state index < -0.39 is 11.6 Å².